The molecule has 1 aliphatic carbocycles. The third kappa shape index (κ3) is 4.49. The Kier molecular flexibility index (Phi) is 6.78. The number of hydrogen-bond acceptors (Lipinski definition) is 2. The van der Waals surface area contributed by atoms with E-state index >= 15 is 0 Å². The molecule has 1 saturated heterocycles. The Labute approximate surface area is 130 Å². The lowest BCUT2D eigenvalue weighted by molar-refractivity contribution is -0.201. The molecule has 0 aromatic heterocycles. The SMILES string of the molecule is CNC1CCN(C(=O)C2CCCCC2C(F)(F)F)CC1.Cl. The summed E-state index contributed by atoms with van der Waals surface area (Å²) in [5.74, 6) is -2.57. The average molecular weight is 329 g/mol. The van der Waals surface area contributed by atoms with Gasteiger partial charge in [-0.25, -0.2) is 0 Å². The van der Waals surface area contributed by atoms with E-state index in [1.807, 2.05) is 7.05 Å². The molecule has 21 heavy (non-hydrogen) atoms. The topological polar surface area (TPSA) is 32.3 Å². The first-order valence-electron chi connectivity index (χ1n) is 7.46. The zero-order chi connectivity index (χ0) is 14.8. The molecule has 2 unspecified atom stereocenters. The lowest BCUT2D eigenvalue weighted by Crippen LogP contribution is -2.49. The maximum absolute atomic E-state index is 13.1. The summed E-state index contributed by atoms with van der Waals surface area (Å²) in [6.45, 7) is 1.15. The maximum Gasteiger partial charge on any atom is 0.392 e. The summed E-state index contributed by atoms with van der Waals surface area (Å²) in [6.07, 6.45) is -0.797. The van der Waals surface area contributed by atoms with Crippen LogP contribution in [0.4, 0.5) is 13.2 Å². The summed E-state index contributed by atoms with van der Waals surface area (Å²) < 4.78 is 39.2. The number of halogens is 4. The minimum atomic E-state index is -4.25. The largest absolute Gasteiger partial charge is 0.392 e. The van der Waals surface area contributed by atoms with Crippen molar-refractivity contribution in [2.45, 2.75) is 50.7 Å². The van der Waals surface area contributed by atoms with Gasteiger partial charge in [0.25, 0.3) is 0 Å². The molecule has 2 fully saturated rings. The summed E-state index contributed by atoms with van der Waals surface area (Å²) in [6, 6.07) is 0.379. The van der Waals surface area contributed by atoms with Crippen LogP contribution in [0.5, 0.6) is 0 Å². The van der Waals surface area contributed by atoms with Gasteiger partial charge in [-0.1, -0.05) is 12.8 Å². The van der Waals surface area contributed by atoms with Gasteiger partial charge in [0.2, 0.25) is 5.91 Å². The maximum atomic E-state index is 13.1. The van der Waals surface area contributed by atoms with Crippen molar-refractivity contribution in [3.8, 4) is 0 Å². The van der Waals surface area contributed by atoms with Gasteiger partial charge in [0.1, 0.15) is 0 Å². The van der Waals surface area contributed by atoms with Crippen LogP contribution in [0.15, 0.2) is 0 Å². The van der Waals surface area contributed by atoms with E-state index < -0.39 is 18.0 Å². The summed E-state index contributed by atoms with van der Waals surface area (Å²) >= 11 is 0. The van der Waals surface area contributed by atoms with Crippen LogP contribution in [0.2, 0.25) is 0 Å². The molecule has 7 heteroatoms. The number of alkyl halides is 3. The highest BCUT2D eigenvalue weighted by molar-refractivity contribution is 5.85. The molecule has 1 aliphatic heterocycles. The zero-order valence-electron chi connectivity index (χ0n) is 12.3. The molecule has 0 radical (unpaired) electrons. The fraction of sp³-hybridized carbons (Fsp3) is 0.929. The summed E-state index contributed by atoms with van der Waals surface area (Å²) in [7, 11) is 1.88. The molecule has 0 bridgehead atoms. The Morgan fingerprint density at radius 3 is 2.19 bits per heavy atom. The molecule has 0 spiro atoms. The van der Waals surface area contributed by atoms with E-state index in [1.54, 1.807) is 4.90 Å². The van der Waals surface area contributed by atoms with Gasteiger partial charge < -0.3 is 10.2 Å². The Hall–Kier alpha value is -0.490. The van der Waals surface area contributed by atoms with Crippen molar-refractivity contribution in [1.29, 1.82) is 0 Å². The number of hydrogen-bond donors (Lipinski definition) is 1. The number of likely N-dealkylation sites (tertiary alicyclic amines) is 1. The highest BCUT2D eigenvalue weighted by Gasteiger charge is 2.49. The Bertz CT molecular complexity index is 344. The zero-order valence-corrected chi connectivity index (χ0v) is 13.1. The van der Waals surface area contributed by atoms with Gasteiger partial charge in [-0.3, -0.25) is 4.79 Å². The highest BCUT2D eigenvalue weighted by Crippen LogP contribution is 2.42. The van der Waals surface area contributed by atoms with Gasteiger partial charge in [-0.2, -0.15) is 13.2 Å². The minimum absolute atomic E-state index is 0. The van der Waals surface area contributed by atoms with Crippen molar-refractivity contribution in [2.24, 2.45) is 11.8 Å². The van der Waals surface area contributed by atoms with Crippen molar-refractivity contribution in [1.82, 2.24) is 10.2 Å². The smallest absolute Gasteiger partial charge is 0.342 e. The fourth-order valence-corrected chi connectivity index (χ4v) is 3.44. The lowest BCUT2D eigenvalue weighted by atomic mass is 9.77. The van der Waals surface area contributed by atoms with Crippen molar-refractivity contribution in [2.75, 3.05) is 20.1 Å². The molecular weight excluding hydrogens is 305 g/mol. The molecule has 0 aromatic carbocycles. The van der Waals surface area contributed by atoms with E-state index in [2.05, 4.69) is 5.32 Å². The fourth-order valence-electron chi connectivity index (χ4n) is 3.44. The summed E-state index contributed by atoms with van der Waals surface area (Å²) in [4.78, 5) is 14.1. The van der Waals surface area contributed by atoms with E-state index in [0.717, 1.165) is 19.3 Å². The number of carbonyl (C=O) groups is 1. The number of piperidine rings is 1. The third-order valence-corrected chi connectivity index (χ3v) is 4.72. The average Bonchev–Trinajstić information content (AvgIpc) is 2.46. The second-order valence-electron chi connectivity index (χ2n) is 5.93. The number of nitrogens with zero attached hydrogens (tertiary/aromatic N) is 1. The minimum Gasteiger partial charge on any atom is -0.342 e. The van der Waals surface area contributed by atoms with E-state index in [4.69, 9.17) is 0 Å². The van der Waals surface area contributed by atoms with Crippen LogP contribution in [0.3, 0.4) is 0 Å². The van der Waals surface area contributed by atoms with Gasteiger partial charge in [0.05, 0.1) is 5.92 Å². The number of carbonyl (C=O) groups excluding carboxylic acids is 1. The van der Waals surface area contributed by atoms with Crippen LogP contribution in [0, 0.1) is 11.8 Å². The molecule has 2 rings (SSSR count). The van der Waals surface area contributed by atoms with Crippen molar-refractivity contribution in [3.05, 3.63) is 0 Å². The Morgan fingerprint density at radius 2 is 1.67 bits per heavy atom. The molecule has 1 saturated carbocycles. The van der Waals surface area contributed by atoms with E-state index in [0.29, 0.717) is 32.0 Å². The Morgan fingerprint density at radius 1 is 1.10 bits per heavy atom. The first-order chi connectivity index (χ1) is 9.43. The van der Waals surface area contributed by atoms with Crippen LogP contribution in [0.25, 0.3) is 0 Å². The number of nitrogens with one attached hydrogen (secondary N) is 1. The molecule has 1 N–H and O–H groups in total. The predicted molar refractivity (Wildman–Crippen MR) is 77.4 cm³/mol. The molecule has 124 valence electrons. The quantitative estimate of drug-likeness (QED) is 0.845. The monoisotopic (exact) mass is 328 g/mol. The molecule has 1 heterocycles. The van der Waals surface area contributed by atoms with Gasteiger partial charge in [0, 0.05) is 25.0 Å². The molecule has 0 aromatic rings. The van der Waals surface area contributed by atoms with Crippen molar-refractivity contribution < 1.29 is 18.0 Å². The van der Waals surface area contributed by atoms with E-state index in [1.165, 1.54) is 0 Å². The number of rotatable bonds is 2. The predicted octanol–water partition coefficient (Wildman–Crippen LogP) is 2.99. The molecule has 2 aliphatic rings. The van der Waals surface area contributed by atoms with Crippen LogP contribution < -0.4 is 5.32 Å². The standard InChI is InChI=1S/C14H23F3N2O.ClH/c1-18-10-6-8-19(9-7-10)13(20)11-4-2-3-5-12(11)14(15,16)17;/h10-12,18H,2-9H2,1H3;1H. The Balaban J connectivity index is 0.00000220. The van der Waals surface area contributed by atoms with E-state index in [-0.39, 0.29) is 24.7 Å². The summed E-state index contributed by atoms with van der Waals surface area (Å²) in [5, 5.41) is 3.16. The number of amides is 1. The van der Waals surface area contributed by atoms with Gasteiger partial charge >= 0.3 is 6.18 Å². The van der Waals surface area contributed by atoms with Crippen LogP contribution >= 0.6 is 12.4 Å². The first kappa shape index (κ1) is 18.6. The second kappa shape index (κ2) is 7.68. The van der Waals surface area contributed by atoms with Crippen LogP contribution in [0.1, 0.15) is 38.5 Å². The van der Waals surface area contributed by atoms with Crippen molar-refractivity contribution >= 4 is 18.3 Å². The third-order valence-electron chi connectivity index (χ3n) is 4.72. The normalized spacial score (nSPS) is 28.1. The van der Waals surface area contributed by atoms with Crippen LogP contribution in [-0.2, 0) is 4.79 Å². The van der Waals surface area contributed by atoms with E-state index in [9.17, 15) is 18.0 Å². The van der Waals surface area contributed by atoms with Crippen molar-refractivity contribution in [3.63, 3.8) is 0 Å². The molecule has 1 amide bonds. The molecular formula is C14H24ClF3N2O. The van der Waals surface area contributed by atoms with Gasteiger partial charge in [-0.15, -0.1) is 12.4 Å². The highest BCUT2D eigenvalue weighted by atomic mass is 35.5. The lowest BCUT2D eigenvalue weighted by Gasteiger charge is -2.38. The first-order valence-corrected chi connectivity index (χ1v) is 7.46. The molecule has 3 nitrogen and oxygen atoms in total. The second-order valence-corrected chi connectivity index (χ2v) is 5.93. The van der Waals surface area contributed by atoms with Crippen LogP contribution in [-0.4, -0.2) is 43.2 Å². The van der Waals surface area contributed by atoms with Gasteiger partial charge in [-0.05, 0) is 32.7 Å². The molecule has 2 atom stereocenters. The summed E-state index contributed by atoms with van der Waals surface area (Å²) in [5.41, 5.74) is 0. The van der Waals surface area contributed by atoms with Gasteiger partial charge in [0.15, 0.2) is 0 Å².